The second-order valence-corrected chi connectivity index (χ2v) is 3.71. The average molecular weight is 257 g/mol. The van der Waals surface area contributed by atoms with Crippen LogP contribution in [0.25, 0.3) is 11.0 Å². The normalized spacial score (nSPS) is 10.8. The van der Waals surface area contributed by atoms with Gasteiger partial charge in [0.25, 0.3) is 0 Å². The van der Waals surface area contributed by atoms with Crippen LogP contribution in [0.3, 0.4) is 0 Å². The first-order chi connectivity index (χ1) is 6.61. The first-order valence-electron chi connectivity index (χ1n) is 3.98. The molecule has 1 heterocycles. The third-order valence-corrected chi connectivity index (χ3v) is 2.89. The molecule has 0 amide bonds. The van der Waals surface area contributed by atoms with E-state index in [-0.39, 0.29) is 20.9 Å². The van der Waals surface area contributed by atoms with Crippen LogP contribution >= 0.6 is 15.9 Å². The van der Waals surface area contributed by atoms with Crippen molar-refractivity contribution in [1.82, 2.24) is 0 Å². The van der Waals surface area contributed by atoms with Crippen LogP contribution in [0.2, 0.25) is 0 Å². The fourth-order valence-corrected chi connectivity index (χ4v) is 1.57. The van der Waals surface area contributed by atoms with Gasteiger partial charge in [0.2, 0.25) is 5.43 Å². The monoisotopic (exact) mass is 256 g/mol. The van der Waals surface area contributed by atoms with Crippen LogP contribution in [-0.2, 0) is 0 Å². The van der Waals surface area contributed by atoms with Crippen LogP contribution < -0.4 is 5.43 Å². The van der Waals surface area contributed by atoms with E-state index in [4.69, 9.17) is 4.42 Å². The summed E-state index contributed by atoms with van der Waals surface area (Å²) in [6, 6.07) is 4.31. The van der Waals surface area contributed by atoms with Gasteiger partial charge in [0, 0.05) is 0 Å². The zero-order chi connectivity index (χ0) is 10.3. The van der Waals surface area contributed by atoms with E-state index >= 15 is 0 Å². The van der Waals surface area contributed by atoms with Gasteiger partial charge in [-0.2, -0.15) is 0 Å². The van der Waals surface area contributed by atoms with Gasteiger partial charge in [-0.15, -0.1) is 0 Å². The molecule has 1 aromatic carbocycles. The fraction of sp³-hybridized carbons (Fsp3) is 0.100. The molecule has 0 bridgehead atoms. The summed E-state index contributed by atoms with van der Waals surface area (Å²) in [7, 11) is 0. The predicted molar refractivity (Wildman–Crippen MR) is 54.9 cm³/mol. The van der Waals surface area contributed by atoms with Crippen molar-refractivity contribution in [2.45, 2.75) is 6.92 Å². The lowest BCUT2D eigenvalue weighted by atomic mass is 10.2. The molecule has 0 unspecified atom stereocenters. The smallest absolute Gasteiger partial charge is 0.210 e. The van der Waals surface area contributed by atoms with Gasteiger partial charge in [0.15, 0.2) is 0 Å². The molecule has 14 heavy (non-hydrogen) atoms. The summed E-state index contributed by atoms with van der Waals surface area (Å²) in [4.78, 5) is 11.6. The van der Waals surface area contributed by atoms with Gasteiger partial charge >= 0.3 is 0 Å². The molecule has 2 rings (SSSR count). The van der Waals surface area contributed by atoms with Crippen molar-refractivity contribution < 1.29 is 8.81 Å². The summed E-state index contributed by atoms with van der Waals surface area (Å²) < 4.78 is 18.8. The van der Waals surface area contributed by atoms with E-state index < -0.39 is 5.82 Å². The van der Waals surface area contributed by atoms with Gasteiger partial charge in [-0.3, -0.25) is 4.79 Å². The largest absolute Gasteiger partial charge is 0.460 e. The topological polar surface area (TPSA) is 30.2 Å². The van der Waals surface area contributed by atoms with Crippen molar-refractivity contribution in [2.75, 3.05) is 0 Å². The molecule has 0 saturated heterocycles. The van der Waals surface area contributed by atoms with Crippen LogP contribution in [0, 0.1) is 12.7 Å². The maximum atomic E-state index is 13.3. The van der Waals surface area contributed by atoms with Gasteiger partial charge < -0.3 is 4.42 Å². The SMILES string of the molecule is Cc1oc2cccc(F)c2c(=O)c1Br. The molecule has 0 fully saturated rings. The highest BCUT2D eigenvalue weighted by Crippen LogP contribution is 2.20. The summed E-state index contributed by atoms with van der Waals surface area (Å²) in [5, 5.41) is -0.00928. The average Bonchev–Trinajstić information content (AvgIpc) is 2.14. The van der Waals surface area contributed by atoms with Crippen LogP contribution in [0.15, 0.2) is 31.9 Å². The molecule has 4 heteroatoms. The first kappa shape index (κ1) is 9.40. The number of rotatable bonds is 0. The highest BCUT2D eigenvalue weighted by molar-refractivity contribution is 9.10. The fourth-order valence-electron chi connectivity index (χ4n) is 1.29. The van der Waals surface area contributed by atoms with Gasteiger partial charge in [-0.05, 0) is 35.0 Å². The molecule has 0 N–H and O–H groups in total. The standard InChI is InChI=1S/C10H6BrFO2/c1-5-9(11)10(13)8-6(12)3-2-4-7(8)14-5/h2-4H,1H3. The molecule has 72 valence electrons. The molecule has 0 spiro atoms. The Hall–Kier alpha value is -1.16. The van der Waals surface area contributed by atoms with E-state index in [9.17, 15) is 9.18 Å². The Balaban J connectivity index is 3.07. The van der Waals surface area contributed by atoms with Crippen molar-refractivity contribution >= 4 is 26.9 Å². The van der Waals surface area contributed by atoms with Crippen LogP contribution in [0.4, 0.5) is 4.39 Å². The number of aryl methyl sites for hydroxylation is 1. The van der Waals surface area contributed by atoms with Crippen molar-refractivity contribution in [1.29, 1.82) is 0 Å². The Morgan fingerprint density at radius 3 is 2.86 bits per heavy atom. The van der Waals surface area contributed by atoms with Gasteiger partial charge in [0.05, 0.1) is 0 Å². The van der Waals surface area contributed by atoms with E-state index in [1.807, 2.05) is 0 Å². The zero-order valence-electron chi connectivity index (χ0n) is 7.30. The Labute approximate surface area is 87.5 Å². The van der Waals surface area contributed by atoms with Gasteiger partial charge in [-0.25, -0.2) is 4.39 Å². The second kappa shape index (κ2) is 3.20. The minimum absolute atomic E-state index is 0.00928. The van der Waals surface area contributed by atoms with Crippen LogP contribution in [-0.4, -0.2) is 0 Å². The summed E-state index contributed by atoms with van der Waals surface area (Å²) >= 11 is 3.06. The van der Waals surface area contributed by atoms with Crippen molar-refractivity contribution in [3.63, 3.8) is 0 Å². The minimum atomic E-state index is -0.558. The molecule has 2 aromatic rings. The van der Waals surface area contributed by atoms with E-state index in [1.165, 1.54) is 12.1 Å². The third kappa shape index (κ3) is 1.26. The highest BCUT2D eigenvalue weighted by atomic mass is 79.9. The van der Waals surface area contributed by atoms with E-state index in [0.717, 1.165) is 0 Å². The van der Waals surface area contributed by atoms with Crippen molar-refractivity contribution in [3.05, 3.63) is 44.5 Å². The molecule has 0 saturated carbocycles. The molecule has 0 aliphatic carbocycles. The third-order valence-electron chi connectivity index (χ3n) is 1.97. The van der Waals surface area contributed by atoms with Gasteiger partial charge in [-0.1, -0.05) is 6.07 Å². The number of hydrogen-bond acceptors (Lipinski definition) is 2. The summed E-state index contributed by atoms with van der Waals surface area (Å²) in [6.07, 6.45) is 0. The van der Waals surface area contributed by atoms with Crippen molar-refractivity contribution in [2.24, 2.45) is 0 Å². The molecule has 1 aromatic heterocycles. The minimum Gasteiger partial charge on any atom is -0.460 e. The molecular weight excluding hydrogens is 251 g/mol. The summed E-state index contributed by atoms with van der Waals surface area (Å²) in [5.41, 5.74) is -0.0995. The molecule has 0 radical (unpaired) electrons. The molecule has 0 atom stereocenters. The second-order valence-electron chi connectivity index (χ2n) is 2.91. The molecule has 0 aliphatic heterocycles. The number of benzene rings is 1. The van der Waals surface area contributed by atoms with E-state index in [0.29, 0.717) is 5.76 Å². The molecule has 2 nitrogen and oxygen atoms in total. The van der Waals surface area contributed by atoms with Crippen LogP contribution in [0.1, 0.15) is 5.76 Å². The number of hydrogen-bond donors (Lipinski definition) is 0. The van der Waals surface area contributed by atoms with Crippen LogP contribution in [0.5, 0.6) is 0 Å². The van der Waals surface area contributed by atoms with E-state index in [1.54, 1.807) is 13.0 Å². The van der Waals surface area contributed by atoms with E-state index in [2.05, 4.69) is 15.9 Å². The molecule has 0 aliphatic rings. The first-order valence-corrected chi connectivity index (χ1v) is 4.78. The molecular formula is C10H6BrFO2. The zero-order valence-corrected chi connectivity index (χ0v) is 8.89. The lowest BCUT2D eigenvalue weighted by molar-refractivity contribution is 0.555. The van der Waals surface area contributed by atoms with Gasteiger partial charge in [0.1, 0.15) is 27.0 Å². The Morgan fingerprint density at radius 1 is 1.43 bits per heavy atom. The number of fused-ring (bicyclic) bond motifs is 1. The quantitative estimate of drug-likeness (QED) is 0.726. The number of halogens is 2. The summed E-state index contributed by atoms with van der Waals surface area (Å²) in [5.74, 6) is -0.106. The predicted octanol–water partition coefficient (Wildman–Crippen LogP) is 3.00. The Morgan fingerprint density at radius 2 is 2.14 bits per heavy atom. The Kier molecular flexibility index (Phi) is 2.15. The highest BCUT2D eigenvalue weighted by Gasteiger charge is 2.11. The summed E-state index contributed by atoms with van der Waals surface area (Å²) in [6.45, 7) is 1.65. The maximum absolute atomic E-state index is 13.3. The lowest BCUT2D eigenvalue weighted by Gasteiger charge is -2.01. The van der Waals surface area contributed by atoms with Crippen molar-refractivity contribution in [3.8, 4) is 0 Å². The maximum Gasteiger partial charge on any atom is 0.210 e. The lowest BCUT2D eigenvalue weighted by Crippen LogP contribution is -2.05. The Bertz CT molecular complexity index is 560.